The van der Waals surface area contributed by atoms with Crippen LogP contribution in [0.2, 0.25) is 0 Å². The van der Waals surface area contributed by atoms with Gasteiger partial charge in [0.05, 0.1) is 40.3 Å². The summed E-state index contributed by atoms with van der Waals surface area (Å²) in [6.45, 7) is 4.61. The quantitative estimate of drug-likeness (QED) is 0.0195. The van der Waals surface area contributed by atoms with Gasteiger partial charge in [-0.2, -0.15) is 0 Å². The van der Waals surface area contributed by atoms with Crippen molar-refractivity contribution in [1.82, 2.24) is 0 Å². The fourth-order valence-corrected chi connectivity index (χ4v) is 9.83. The van der Waals surface area contributed by atoms with Crippen molar-refractivity contribution in [3.63, 3.8) is 0 Å². The number of quaternary nitrogens is 1. The number of allylic oxidation sites excluding steroid dienone is 14. The molecule has 0 fully saturated rings. The highest BCUT2D eigenvalue weighted by Gasteiger charge is 2.22. The van der Waals surface area contributed by atoms with Crippen LogP contribution in [0.5, 0.6) is 0 Å². The molecule has 0 radical (unpaired) electrons. The van der Waals surface area contributed by atoms with Gasteiger partial charge in [-0.3, -0.25) is 9.59 Å². The SMILES string of the molecule is CC/C=C\C/C=C\C/C=C\C/C=C\C/C=C\CCCCCC(=O)OC(COC(=O)CCCCCCCCCCCCCCCCCCCCCCCCCCCCC/C=C\C/C=C\CCCCCCC)COC(OCC[N+](C)(C)C)C(=O)[O-]. The molecule has 0 spiro atoms. The van der Waals surface area contributed by atoms with Crippen LogP contribution in [0.25, 0.3) is 0 Å². The van der Waals surface area contributed by atoms with E-state index in [1.165, 1.54) is 199 Å². The van der Waals surface area contributed by atoms with Gasteiger partial charge < -0.3 is 33.3 Å². The van der Waals surface area contributed by atoms with E-state index in [0.29, 0.717) is 17.4 Å². The molecule has 0 aliphatic heterocycles. The molecule has 0 N–H and O–H groups in total. The van der Waals surface area contributed by atoms with Crippen molar-refractivity contribution in [2.45, 2.75) is 322 Å². The molecule has 0 heterocycles. The van der Waals surface area contributed by atoms with Crippen LogP contribution in [0.1, 0.15) is 309 Å². The lowest BCUT2D eigenvalue weighted by Gasteiger charge is -2.26. The van der Waals surface area contributed by atoms with Gasteiger partial charge in [0, 0.05) is 12.8 Å². The first kappa shape index (κ1) is 79.5. The summed E-state index contributed by atoms with van der Waals surface area (Å²) in [5, 5.41) is 11.8. The third-order valence-corrected chi connectivity index (χ3v) is 15.1. The monoisotopic (exact) mass is 1160 g/mol. The molecule has 2 unspecified atom stereocenters. The Bertz CT molecular complexity index is 1640. The average molecular weight is 1160 g/mol. The largest absolute Gasteiger partial charge is 0.545 e. The molecule has 0 aromatic heterocycles. The Hall–Kier alpha value is -3.53. The Kier molecular flexibility index (Phi) is 61.7. The van der Waals surface area contributed by atoms with Crippen molar-refractivity contribution in [2.75, 3.05) is 47.5 Å². The number of hydrogen-bond donors (Lipinski definition) is 0. The summed E-state index contributed by atoms with van der Waals surface area (Å²) in [4.78, 5) is 37.4. The van der Waals surface area contributed by atoms with Crippen LogP contribution in [0.4, 0.5) is 0 Å². The third-order valence-electron chi connectivity index (χ3n) is 15.1. The lowest BCUT2D eigenvalue weighted by molar-refractivity contribution is -0.870. The number of carboxylic acids is 1. The summed E-state index contributed by atoms with van der Waals surface area (Å²) in [5.41, 5.74) is 0. The Morgan fingerprint density at radius 2 is 0.687 bits per heavy atom. The molecule has 480 valence electrons. The van der Waals surface area contributed by atoms with E-state index in [9.17, 15) is 19.5 Å². The molecule has 83 heavy (non-hydrogen) atoms. The number of rotatable bonds is 64. The number of nitrogens with zero attached hydrogens (tertiary/aromatic N) is 1. The first-order valence-corrected chi connectivity index (χ1v) is 34.7. The van der Waals surface area contributed by atoms with E-state index >= 15 is 0 Å². The van der Waals surface area contributed by atoms with E-state index in [1.807, 2.05) is 21.1 Å². The molecule has 0 aromatic rings. The number of ether oxygens (including phenoxy) is 4. The Labute approximate surface area is 512 Å². The van der Waals surface area contributed by atoms with E-state index in [4.69, 9.17) is 18.9 Å². The lowest BCUT2D eigenvalue weighted by Crippen LogP contribution is -2.44. The number of carboxylic acid groups (broad SMARTS) is 1. The van der Waals surface area contributed by atoms with Gasteiger partial charge in [-0.1, -0.05) is 292 Å². The standard InChI is InChI=1S/C74H131NO8/c1-6-8-10-12-14-16-18-20-22-24-26-27-28-29-30-31-32-33-34-35-36-37-38-39-40-41-42-43-44-45-47-48-50-52-54-56-58-60-62-64-71(76)81-68-70(69-82-74(73(78)79)80-67-66-75(3,4)5)83-72(77)65-63-61-59-57-55-53-51-49-46-25-23-21-19-17-15-13-11-9-7-2/h9,11,15,17-18,20-21,23-24,26,46,49,53,55,70,74H,6-8,10,12-14,16,19,22,25,27-45,47-48,50-52,54,56-69H2,1-5H3/b11-9-,17-15-,20-18-,23-21-,26-24-,49-46-,55-53-. The number of carbonyl (C=O) groups excluding carboxylic acids is 3. The third kappa shape index (κ3) is 65.9. The predicted molar refractivity (Wildman–Crippen MR) is 352 cm³/mol. The maximum atomic E-state index is 12.9. The number of likely N-dealkylation sites (N-methyl/N-ethyl adjacent to an activating group) is 1. The number of unbranched alkanes of at least 4 members (excludes halogenated alkanes) is 35. The van der Waals surface area contributed by atoms with E-state index < -0.39 is 24.3 Å². The summed E-state index contributed by atoms with van der Waals surface area (Å²) in [6, 6.07) is 0. The summed E-state index contributed by atoms with van der Waals surface area (Å²) in [7, 11) is 5.91. The summed E-state index contributed by atoms with van der Waals surface area (Å²) >= 11 is 0. The molecule has 0 saturated carbocycles. The van der Waals surface area contributed by atoms with E-state index in [0.717, 1.165) is 77.0 Å². The Balaban J connectivity index is 4.00. The van der Waals surface area contributed by atoms with Gasteiger partial charge in [-0.25, -0.2) is 0 Å². The molecule has 0 aliphatic carbocycles. The normalized spacial score (nSPS) is 13.2. The van der Waals surface area contributed by atoms with Gasteiger partial charge in [0.1, 0.15) is 13.2 Å². The Morgan fingerprint density at radius 1 is 0.373 bits per heavy atom. The maximum absolute atomic E-state index is 12.9. The van der Waals surface area contributed by atoms with Crippen LogP contribution in [0, 0.1) is 0 Å². The number of carbonyl (C=O) groups is 3. The molecular weight excluding hydrogens is 1030 g/mol. The van der Waals surface area contributed by atoms with E-state index in [1.54, 1.807) is 0 Å². The average Bonchev–Trinajstić information content (AvgIpc) is 3.46. The molecule has 2 atom stereocenters. The van der Waals surface area contributed by atoms with Crippen molar-refractivity contribution in [2.24, 2.45) is 0 Å². The van der Waals surface area contributed by atoms with Crippen LogP contribution in [0.15, 0.2) is 85.1 Å². The molecule has 0 saturated heterocycles. The minimum atomic E-state index is -1.63. The highest BCUT2D eigenvalue weighted by molar-refractivity contribution is 5.70. The van der Waals surface area contributed by atoms with Gasteiger partial charge in [-0.05, 0) is 89.9 Å². The number of esters is 2. The van der Waals surface area contributed by atoms with E-state index in [2.05, 4.69) is 98.9 Å². The molecule has 9 heteroatoms. The van der Waals surface area contributed by atoms with Crippen LogP contribution in [0.3, 0.4) is 0 Å². The van der Waals surface area contributed by atoms with Gasteiger partial charge in [0.2, 0.25) is 0 Å². The first-order chi connectivity index (χ1) is 40.6. The fourth-order valence-electron chi connectivity index (χ4n) is 9.83. The van der Waals surface area contributed by atoms with Crippen molar-refractivity contribution < 1.29 is 42.9 Å². The molecule has 0 aliphatic rings. The van der Waals surface area contributed by atoms with Crippen LogP contribution in [-0.4, -0.2) is 82.3 Å². The second-order valence-electron chi connectivity index (χ2n) is 24.4. The summed E-state index contributed by atoms with van der Waals surface area (Å²) < 4.78 is 22.7. The zero-order valence-corrected chi connectivity index (χ0v) is 54.8. The molecule has 0 aromatic carbocycles. The van der Waals surface area contributed by atoms with Crippen LogP contribution in [-0.2, 0) is 33.3 Å². The zero-order chi connectivity index (χ0) is 60.5. The van der Waals surface area contributed by atoms with Gasteiger partial charge in [0.25, 0.3) is 0 Å². The lowest BCUT2D eigenvalue weighted by atomic mass is 10.0. The number of hydrogen-bond acceptors (Lipinski definition) is 8. The first-order valence-electron chi connectivity index (χ1n) is 34.7. The van der Waals surface area contributed by atoms with Gasteiger partial charge in [-0.15, -0.1) is 0 Å². The predicted octanol–water partition coefficient (Wildman–Crippen LogP) is 20.1. The van der Waals surface area contributed by atoms with E-state index in [-0.39, 0.29) is 38.6 Å². The van der Waals surface area contributed by atoms with Gasteiger partial charge in [0.15, 0.2) is 12.4 Å². The summed E-state index contributed by atoms with van der Waals surface area (Å²) in [6.07, 6.45) is 84.1. The second kappa shape index (κ2) is 64.5. The molecular formula is C74H131NO8. The number of aliphatic carboxylic acids is 1. The highest BCUT2D eigenvalue weighted by atomic mass is 16.7. The van der Waals surface area contributed by atoms with Crippen LogP contribution >= 0.6 is 0 Å². The molecule has 0 rings (SSSR count). The van der Waals surface area contributed by atoms with Crippen molar-refractivity contribution in [1.29, 1.82) is 0 Å². The topological polar surface area (TPSA) is 111 Å². The smallest absolute Gasteiger partial charge is 0.306 e. The molecule has 0 amide bonds. The van der Waals surface area contributed by atoms with Gasteiger partial charge >= 0.3 is 11.9 Å². The second-order valence-corrected chi connectivity index (χ2v) is 24.4. The van der Waals surface area contributed by atoms with Crippen LogP contribution < -0.4 is 5.11 Å². The fraction of sp³-hybridized carbons (Fsp3) is 0.770. The molecule has 0 bridgehead atoms. The van der Waals surface area contributed by atoms with Crippen molar-refractivity contribution >= 4 is 17.9 Å². The maximum Gasteiger partial charge on any atom is 0.306 e. The summed E-state index contributed by atoms with van der Waals surface area (Å²) in [5.74, 6) is -2.32. The zero-order valence-electron chi connectivity index (χ0n) is 54.8. The van der Waals surface area contributed by atoms with Crippen molar-refractivity contribution in [3.8, 4) is 0 Å². The minimum Gasteiger partial charge on any atom is -0.545 e. The highest BCUT2D eigenvalue weighted by Crippen LogP contribution is 2.18. The van der Waals surface area contributed by atoms with Crippen molar-refractivity contribution in [3.05, 3.63) is 85.1 Å². The molecule has 9 nitrogen and oxygen atoms in total. The minimum absolute atomic E-state index is 0.139. The Morgan fingerprint density at radius 3 is 1.04 bits per heavy atom.